The summed E-state index contributed by atoms with van der Waals surface area (Å²) in [5.41, 5.74) is 3.17. The third-order valence-corrected chi connectivity index (χ3v) is 3.28. The minimum atomic E-state index is 0.0275. The van der Waals surface area contributed by atoms with E-state index in [1.54, 1.807) is 0 Å². The first-order valence-corrected chi connectivity index (χ1v) is 6.74. The summed E-state index contributed by atoms with van der Waals surface area (Å²) in [6, 6.07) is 6.15. The molecule has 98 valence electrons. The van der Waals surface area contributed by atoms with Gasteiger partial charge in [0.05, 0.1) is 0 Å². The second-order valence-corrected chi connectivity index (χ2v) is 5.55. The molecule has 1 aromatic rings. The lowest BCUT2D eigenvalue weighted by atomic mass is 10.0. The molecule has 1 atom stereocenters. The number of hydrogen-bond donors (Lipinski definition) is 2. The summed E-state index contributed by atoms with van der Waals surface area (Å²) >= 11 is 0. The highest BCUT2D eigenvalue weighted by Crippen LogP contribution is 2.23. The summed E-state index contributed by atoms with van der Waals surface area (Å²) in [7, 11) is 0. The van der Waals surface area contributed by atoms with Crippen LogP contribution in [0.1, 0.15) is 43.1 Å². The molecular formula is C15H22N2O. The lowest BCUT2D eigenvalue weighted by molar-refractivity contribution is 0.0936. The number of hydrogen-bond acceptors (Lipinski definition) is 2. The highest BCUT2D eigenvalue weighted by atomic mass is 16.1. The van der Waals surface area contributed by atoms with Crippen molar-refractivity contribution in [3.8, 4) is 0 Å². The number of anilines is 1. The van der Waals surface area contributed by atoms with Crippen LogP contribution in [0.5, 0.6) is 0 Å². The fraction of sp³-hybridized carbons (Fsp3) is 0.533. The van der Waals surface area contributed by atoms with Gasteiger partial charge in [-0.05, 0) is 43.4 Å². The highest BCUT2D eigenvalue weighted by molar-refractivity contribution is 5.95. The van der Waals surface area contributed by atoms with Crippen molar-refractivity contribution in [3.05, 3.63) is 29.3 Å². The van der Waals surface area contributed by atoms with Crippen LogP contribution in [-0.4, -0.2) is 18.5 Å². The Morgan fingerprint density at radius 1 is 1.39 bits per heavy atom. The number of rotatable bonds is 4. The monoisotopic (exact) mass is 246 g/mol. The Labute approximate surface area is 109 Å². The largest absolute Gasteiger partial charge is 0.384 e. The van der Waals surface area contributed by atoms with Gasteiger partial charge in [0.25, 0.3) is 5.91 Å². The van der Waals surface area contributed by atoms with E-state index in [1.165, 1.54) is 5.56 Å². The van der Waals surface area contributed by atoms with Crippen molar-refractivity contribution in [2.45, 2.75) is 39.7 Å². The summed E-state index contributed by atoms with van der Waals surface area (Å²) in [5.74, 6) is 0.627. The molecule has 0 saturated heterocycles. The maximum absolute atomic E-state index is 12.1. The number of nitrogens with one attached hydrogen (secondary N) is 2. The van der Waals surface area contributed by atoms with E-state index in [4.69, 9.17) is 0 Å². The minimum absolute atomic E-state index is 0.0275. The van der Waals surface area contributed by atoms with Crippen LogP contribution in [0.2, 0.25) is 0 Å². The fourth-order valence-electron chi connectivity index (χ4n) is 2.51. The van der Waals surface area contributed by atoms with Crippen LogP contribution in [0, 0.1) is 5.92 Å². The Morgan fingerprint density at radius 3 is 2.89 bits per heavy atom. The van der Waals surface area contributed by atoms with E-state index in [9.17, 15) is 4.79 Å². The third-order valence-electron chi connectivity index (χ3n) is 3.28. The zero-order chi connectivity index (χ0) is 13.1. The molecular weight excluding hydrogens is 224 g/mol. The summed E-state index contributed by atoms with van der Waals surface area (Å²) in [6.45, 7) is 7.37. The lowest BCUT2D eigenvalue weighted by Gasteiger charge is -2.16. The van der Waals surface area contributed by atoms with E-state index in [1.807, 2.05) is 12.1 Å². The Hall–Kier alpha value is -1.51. The van der Waals surface area contributed by atoms with Crippen LogP contribution in [0.15, 0.2) is 18.2 Å². The van der Waals surface area contributed by atoms with Gasteiger partial charge in [0.15, 0.2) is 0 Å². The Bertz CT molecular complexity index is 440. The van der Waals surface area contributed by atoms with Crippen molar-refractivity contribution in [1.82, 2.24) is 5.32 Å². The maximum atomic E-state index is 12.1. The number of carbonyl (C=O) groups excluding carboxylic acids is 1. The molecule has 2 N–H and O–H groups in total. The molecule has 0 saturated carbocycles. The van der Waals surface area contributed by atoms with Gasteiger partial charge in [-0.3, -0.25) is 4.79 Å². The van der Waals surface area contributed by atoms with Crippen molar-refractivity contribution < 1.29 is 4.79 Å². The zero-order valence-electron chi connectivity index (χ0n) is 11.4. The first-order chi connectivity index (χ1) is 8.56. The Morgan fingerprint density at radius 2 is 2.17 bits per heavy atom. The predicted octanol–water partition coefficient (Wildman–Crippen LogP) is 2.82. The Kier molecular flexibility index (Phi) is 3.90. The van der Waals surface area contributed by atoms with Crippen LogP contribution >= 0.6 is 0 Å². The molecule has 1 aliphatic heterocycles. The molecule has 2 rings (SSSR count). The lowest BCUT2D eigenvalue weighted by Crippen LogP contribution is -2.33. The van der Waals surface area contributed by atoms with E-state index in [0.29, 0.717) is 5.92 Å². The predicted molar refractivity (Wildman–Crippen MR) is 75.0 cm³/mol. The standard InChI is InChI=1S/C15H22N2O/c1-10(2)8-11(3)17-15(18)13-5-4-12-6-7-16-14(12)9-13/h4-5,9-11,16H,6-8H2,1-3H3,(H,17,18). The van der Waals surface area contributed by atoms with Crippen LogP contribution in [0.25, 0.3) is 0 Å². The van der Waals surface area contributed by atoms with Crippen molar-refractivity contribution in [2.75, 3.05) is 11.9 Å². The van der Waals surface area contributed by atoms with E-state index >= 15 is 0 Å². The smallest absolute Gasteiger partial charge is 0.251 e. The van der Waals surface area contributed by atoms with Crippen molar-refractivity contribution in [2.24, 2.45) is 5.92 Å². The molecule has 1 heterocycles. The second kappa shape index (κ2) is 5.42. The molecule has 0 fully saturated rings. The Balaban J connectivity index is 2.01. The molecule has 3 nitrogen and oxygen atoms in total. The van der Waals surface area contributed by atoms with Gasteiger partial charge in [-0.1, -0.05) is 19.9 Å². The molecule has 0 spiro atoms. The van der Waals surface area contributed by atoms with Gasteiger partial charge in [0, 0.05) is 23.8 Å². The molecule has 3 heteroatoms. The van der Waals surface area contributed by atoms with Gasteiger partial charge in [-0.15, -0.1) is 0 Å². The van der Waals surface area contributed by atoms with Crippen LogP contribution in [-0.2, 0) is 6.42 Å². The van der Waals surface area contributed by atoms with Crippen molar-refractivity contribution in [1.29, 1.82) is 0 Å². The van der Waals surface area contributed by atoms with Crippen LogP contribution in [0.3, 0.4) is 0 Å². The molecule has 18 heavy (non-hydrogen) atoms. The average Bonchev–Trinajstić information content (AvgIpc) is 2.74. The number of fused-ring (bicyclic) bond motifs is 1. The van der Waals surface area contributed by atoms with Gasteiger partial charge in [0.1, 0.15) is 0 Å². The summed E-state index contributed by atoms with van der Waals surface area (Å²) in [4.78, 5) is 12.1. The molecule has 1 aliphatic rings. The summed E-state index contributed by atoms with van der Waals surface area (Å²) in [5, 5.41) is 6.35. The first-order valence-electron chi connectivity index (χ1n) is 6.74. The molecule has 0 aromatic heterocycles. The third kappa shape index (κ3) is 3.03. The van der Waals surface area contributed by atoms with Gasteiger partial charge in [-0.2, -0.15) is 0 Å². The SMILES string of the molecule is CC(C)CC(C)NC(=O)c1ccc2c(c1)NCC2. The molecule has 0 aliphatic carbocycles. The van der Waals surface area contributed by atoms with Gasteiger partial charge < -0.3 is 10.6 Å². The van der Waals surface area contributed by atoms with Gasteiger partial charge in [-0.25, -0.2) is 0 Å². The summed E-state index contributed by atoms with van der Waals surface area (Å²) < 4.78 is 0. The summed E-state index contributed by atoms with van der Waals surface area (Å²) in [6.07, 6.45) is 2.07. The number of amides is 1. The first kappa shape index (κ1) is 12.9. The normalized spacial score (nSPS) is 15.1. The fourth-order valence-corrected chi connectivity index (χ4v) is 2.51. The van der Waals surface area contributed by atoms with E-state index in [0.717, 1.165) is 30.6 Å². The van der Waals surface area contributed by atoms with E-state index in [-0.39, 0.29) is 11.9 Å². The number of carbonyl (C=O) groups is 1. The molecule has 1 amide bonds. The second-order valence-electron chi connectivity index (χ2n) is 5.55. The quantitative estimate of drug-likeness (QED) is 0.857. The minimum Gasteiger partial charge on any atom is -0.384 e. The highest BCUT2D eigenvalue weighted by Gasteiger charge is 2.15. The van der Waals surface area contributed by atoms with E-state index < -0.39 is 0 Å². The van der Waals surface area contributed by atoms with Crippen molar-refractivity contribution >= 4 is 11.6 Å². The van der Waals surface area contributed by atoms with Gasteiger partial charge >= 0.3 is 0 Å². The maximum Gasteiger partial charge on any atom is 0.251 e. The molecule has 0 radical (unpaired) electrons. The average molecular weight is 246 g/mol. The molecule has 1 aromatic carbocycles. The molecule has 1 unspecified atom stereocenters. The van der Waals surface area contributed by atoms with E-state index in [2.05, 4.69) is 37.5 Å². The zero-order valence-corrected chi connectivity index (χ0v) is 11.4. The van der Waals surface area contributed by atoms with Crippen molar-refractivity contribution in [3.63, 3.8) is 0 Å². The van der Waals surface area contributed by atoms with Crippen LogP contribution in [0.4, 0.5) is 5.69 Å². The number of benzene rings is 1. The van der Waals surface area contributed by atoms with Crippen LogP contribution < -0.4 is 10.6 Å². The molecule has 0 bridgehead atoms. The topological polar surface area (TPSA) is 41.1 Å². The van der Waals surface area contributed by atoms with Gasteiger partial charge in [0.2, 0.25) is 0 Å².